The van der Waals surface area contributed by atoms with Crippen molar-refractivity contribution in [3.8, 4) is 0 Å². The maximum atomic E-state index is 13.6. The van der Waals surface area contributed by atoms with E-state index in [-0.39, 0.29) is 24.2 Å². The number of halogens is 2. The number of rotatable bonds is 5. The second-order valence-corrected chi connectivity index (χ2v) is 6.25. The van der Waals surface area contributed by atoms with Gasteiger partial charge in [-0.2, -0.15) is 0 Å². The summed E-state index contributed by atoms with van der Waals surface area (Å²) >= 11 is 5.81. The lowest BCUT2D eigenvalue weighted by Crippen LogP contribution is -2.39. The second-order valence-electron chi connectivity index (χ2n) is 5.82. The monoisotopic (exact) mass is 346 g/mol. The summed E-state index contributed by atoms with van der Waals surface area (Å²) in [6.45, 7) is 0.0570. The zero-order valence-electron chi connectivity index (χ0n) is 12.8. The normalized spacial score (nSPS) is 14.8. The fourth-order valence-electron chi connectivity index (χ4n) is 2.45. The number of hydrogen-bond acceptors (Lipinski definition) is 2. The zero-order valence-corrected chi connectivity index (χ0v) is 13.6. The standard InChI is InChI=1S/C18H16ClFN2O2/c19-13-5-7-14(8-6-13)22-17(24)18(9-10-18)16(23)21-11-12-3-1-2-4-15(12)20/h1-8H,9-11H2,(H,21,23)(H,22,24). The molecule has 0 heterocycles. The first-order chi connectivity index (χ1) is 11.5. The van der Waals surface area contributed by atoms with Gasteiger partial charge in [-0.25, -0.2) is 4.39 Å². The summed E-state index contributed by atoms with van der Waals surface area (Å²) in [4.78, 5) is 24.8. The summed E-state index contributed by atoms with van der Waals surface area (Å²) in [5.41, 5.74) is -0.0948. The molecule has 1 saturated carbocycles. The van der Waals surface area contributed by atoms with Gasteiger partial charge in [0.2, 0.25) is 11.8 Å². The number of carbonyl (C=O) groups excluding carboxylic acids is 2. The van der Waals surface area contributed by atoms with Crippen LogP contribution in [0.15, 0.2) is 48.5 Å². The zero-order chi connectivity index (χ0) is 17.2. The lowest BCUT2D eigenvalue weighted by molar-refractivity contribution is -0.134. The van der Waals surface area contributed by atoms with Crippen LogP contribution < -0.4 is 10.6 Å². The van der Waals surface area contributed by atoms with Crippen molar-refractivity contribution < 1.29 is 14.0 Å². The van der Waals surface area contributed by atoms with Crippen LogP contribution in [0, 0.1) is 11.2 Å². The summed E-state index contributed by atoms with van der Waals surface area (Å²) in [5, 5.41) is 5.95. The maximum absolute atomic E-state index is 13.6. The topological polar surface area (TPSA) is 58.2 Å². The van der Waals surface area contributed by atoms with Crippen LogP contribution in [0.2, 0.25) is 5.02 Å². The predicted octanol–water partition coefficient (Wildman–Crippen LogP) is 3.51. The van der Waals surface area contributed by atoms with Crippen molar-refractivity contribution in [2.75, 3.05) is 5.32 Å². The van der Waals surface area contributed by atoms with Gasteiger partial charge in [-0.05, 0) is 43.2 Å². The molecule has 24 heavy (non-hydrogen) atoms. The van der Waals surface area contributed by atoms with E-state index in [4.69, 9.17) is 11.6 Å². The number of carbonyl (C=O) groups is 2. The van der Waals surface area contributed by atoms with Gasteiger partial charge in [0.15, 0.2) is 0 Å². The van der Waals surface area contributed by atoms with Crippen molar-refractivity contribution in [1.29, 1.82) is 0 Å². The molecule has 2 N–H and O–H groups in total. The van der Waals surface area contributed by atoms with Gasteiger partial charge in [0.05, 0.1) is 0 Å². The number of nitrogens with one attached hydrogen (secondary N) is 2. The van der Waals surface area contributed by atoms with E-state index in [9.17, 15) is 14.0 Å². The fourth-order valence-corrected chi connectivity index (χ4v) is 2.58. The van der Waals surface area contributed by atoms with Gasteiger partial charge in [0, 0.05) is 22.8 Å². The van der Waals surface area contributed by atoms with Gasteiger partial charge in [-0.1, -0.05) is 29.8 Å². The fraction of sp³-hybridized carbons (Fsp3) is 0.222. The van der Waals surface area contributed by atoms with Gasteiger partial charge in [0.25, 0.3) is 0 Å². The Morgan fingerprint density at radius 2 is 1.71 bits per heavy atom. The largest absolute Gasteiger partial charge is 0.351 e. The molecule has 0 spiro atoms. The molecule has 2 amide bonds. The predicted molar refractivity (Wildman–Crippen MR) is 90.0 cm³/mol. The summed E-state index contributed by atoms with van der Waals surface area (Å²) in [7, 11) is 0. The molecule has 3 rings (SSSR count). The average molecular weight is 347 g/mol. The minimum Gasteiger partial charge on any atom is -0.351 e. The van der Waals surface area contributed by atoms with E-state index in [1.807, 2.05) is 0 Å². The highest BCUT2D eigenvalue weighted by molar-refractivity contribution is 6.30. The van der Waals surface area contributed by atoms with E-state index in [1.54, 1.807) is 42.5 Å². The Bertz CT molecular complexity index is 773. The maximum Gasteiger partial charge on any atom is 0.240 e. The van der Waals surface area contributed by atoms with Crippen molar-refractivity contribution in [3.63, 3.8) is 0 Å². The Kier molecular flexibility index (Phi) is 4.53. The van der Waals surface area contributed by atoms with Gasteiger partial charge in [-0.3, -0.25) is 9.59 Å². The molecule has 6 heteroatoms. The van der Waals surface area contributed by atoms with E-state index < -0.39 is 5.41 Å². The molecule has 0 saturated heterocycles. The highest BCUT2D eigenvalue weighted by Gasteiger charge is 2.56. The highest BCUT2D eigenvalue weighted by atomic mass is 35.5. The van der Waals surface area contributed by atoms with E-state index >= 15 is 0 Å². The molecule has 0 radical (unpaired) electrons. The molecule has 2 aromatic rings. The number of hydrogen-bond donors (Lipinski definition) is 2. The first-order valence-electron chi connectivity index (χ1n) is 7.60. The Labute approximate surface area is 144 Å². The number of benzene rings is 2. The third-order valence-electron chi connectivity index (χ3n) is 4.12. The molecular weight excluding hydrogens is 331 g/mol. The third kappa shape index (κ3) is 3.41. The number of anilines is 1. The molecule has 0 aliphatic heterocycles. The van der Waals surface area contributed by atoms with E-state index in [1.165, 1.54) is 6.07 Å². The molecular formula is C18H16ClFN2O2. The van der Waals surface area contributed by atoms with E-state index in [2.05, 4.69) is 10.6 Å². The molecule has 0 unspecified atom stereocenters. The molecule has 1 fully saturated rings. The molecule has 4 nitrogen and oxygen atoms in total. The number of amides is 2. The van der Waals surface area contributed by atoms with Crippen LogP contribution in [0.25, 0.3) is 0 Å². The Hall–Kier alpha value is -2.40. The minimum atomic E-state index is -1.06. The lowest BCUT2D eigenvalue weighted by Gasteiger charge is -2.15. The lowest BCUT2D eigenvalue weighted by atomic mass is 10.0. The first-order valence-corrected chi connectivity index (χ1v) is 7.98. The third-order valence-corrected chi connectivity index (χ3v) is 4.37. The van der Waals surface area contributed by atoms with Crippen molar-refractivity contribution in [1.82, 2.24) is 5.32 Å². The Morgan fingerprint density at radius 1 is 1.04 bits per heavy atom. The van der Waals surface area contributed by atoms with E-state index in [0.717, 1.165) is 0 Å². The van der Waals surface area contributed by atoms with Crippen LogP contribution in [0.3, 0.4) is 0 Å². The highest BCUT2D eigenvalue weighted by Crippen LogP contribution is 2.47. The Balaban J connectivity index is 1.62. The summed E-state index contributed by atoms with van der Waals surface area (Å²) in [6.07, 6.45) is 0.963. The molecule has 1 aliphatic rings. The average Bonchev–Trinajstić information content (AvgIpc) is 3.38. The van der Waals surface area contributed by atoms with Gasteiger partial charge in [-0.15, -0.1) is 0 Å². The van der Waals surface area contributed by atoms with Crippen LogP contribution >= 0.6 is 11.6 Å². The van der Waals surface area contributed by atoms with Gasteiger partial charge >= 0.3 is 0 Å². The summed E-state index contributed by atoms with van der Waals surface area (Å²) in [5.74, 6) is -1.11. The van der Waals surface area contributed by atoms with Crippen LogP contribution in [-0.4, -0.2) is 11.8 Å². The molecule has 0 aromatic heterocycles. The molecule has 0 bridgehead atoms. The summed E-state index contributed by atoms with van der Waals surface area (Å²) < 4.78 is 13.6. The van der Waals surface area contributed by atoms with Crippen LogP contribution in [0.1, 0.15) is 18.4 Å². The van der Waals surface area contributed by atoms with Crippen LogP contribution in [0.4, 0.5) is 10.1 Å². The van der Waals surface area contributed by atoms with Crippen molar-refractivity contribution in [2.24, 2.45) is 5.41 Å². The minimum absolute atomic E-state index is 0.0570. The van der Waals surface area contributed by atoms with Crippen molar-refractivity contribution in [3.05, 3.63) is 64.9 Å². The Morgan fingerprint density at radius 3 is 2.33 bits per heavy atom. The van der Waals surface area contributed by atoms with Gasteiger partial charge < -0.3 is 10.6 Å². The van der Waals surface area contributed by atoms with Crippen LogP contribution in [-0.2, 0) is 16.1 Å². The first kappa shape index (κ1) is 16.5. The molecule has 0 atom stereocenters. The van der Waals surface area contributed by atoms with Gasteiger partial charge in [0.1, 0.15) is 11.2 Å². The molecule has 2 aromatic carbocycles. The van der Waals surface area contributed by atoms with Crippen molar-refractivity contribution >= 4 is 29.1 Å². The van der Waals surface area contributed by atoms with Crippen molar-refractivity contribution in [2.45, 2.75) is 19.4 Å². The second kappa shape index (κ2) is 6.61. The smallest absolute Gasteiger partial charge is 0.240 e. The van der Waals surface area contributed by atoms with Crippen LogP contribution in [0.5, 0.6) is 0 Å². The molecule has 124 valence electrons. The van der Waals surface area contributed by atoms with E-state index in [0.29, 0.717) is 29.1 Å². The molecule has 1 aliphatic carbocycles. The quantitative estimate of drug-likeness (QED) is 0.814. The summed E-state index contributed by atoms with van der Waals surface area (Å²) in [6, 6.07) is 12.9. The SMILES string of the molecule is O=C(NCc1ccccc1F)C1(C(=O)Nc2ccc(Cl)cc2)CC1.